The highest BCUT2D eigenvalue weighted by molar-refractivity contribution is 5.07. The molecular formula is C14H23N3. The van der Waals surface area contributed by atoms with Gasteiger partial charge in [0, 0.05) is 25.4 Å². The van der Waals surface area contributed by atoms with Gasteiger partial charge in [0.2, 0.25) is 0 Å². The second-order valence-corrected chi connectivity index (χ2v) is 5.45. The molecule has 1 aliphatic carbocycles. The van der Waals surface area contributed by atoms with Crippen LogP contribution in [0.2, 0.25) is 0 Å². The van der Waals surface area contributed by atoms with Gasteiger partial charge in [-0.15, -0.1) is 0 Å². The van der Waals surface area contributed by atoms with Crippen LogP contribution in [0.4, 0.5) is 0 Å². The molecule has 1 aromatic heterocycles. The van der Waals surface area contributed by atoms with Gasteiger partial charge in [-0.3, -0.25) is 4.68 Å². The molecule has 0 amide bonds. The SMILES string of the molecule is CC1=CC(C)CC(CNCc2cnn(C)c2)C1. The monoisotopic (exact) mass is 233 g/mol. The van der Waals surface area contributed by atoms with Gasteiger partial charge in [-0.25, -0.2) is 0 Å². The van der Waals surface area contributed by atoms with Crippen molar-refractivity contribution in [1.82, 2.24) is 15.1 Å². The first-order chi connectivity index (χ1) is 8.13. The molecule has 94 valence electrons. The van der Waals surface area contributed by atoms with E-state index < -0.39 is 0 Å². The lowest BCUT2D eigenvalue weighted by atomic mass is 9.84. The van der Waals surface area contributed by atoms with Crippen molar-refractivity contribution in [1.29, 1.82) is 0 Å². The lowest BCUT2D eigenvalue weighted by Crippen LogP contribution is -2.25. The third-order valence-corrected chi connectivity index (χ3v) is 3.41. The molecule has 3 heteroatoms. The Morgan fingerprint density at radius 3 is 3.00 bits per heavy atom. The Balaban J connectivity index is 1.74. The van der Waals surface area contributed by atoms with E-state index in [2.05, 4.69) is 36.5 Å². The quantitative estimate of drug-likeness (QED) is 0.810. The summed E-state index contributed by atoms with van der Waals surface area (Å²) in [6, 6.07) is 0. The Bertz CT molecular complexity index is 392. The predicted molar refractivity (Wildman–Crippen MR) is 70.6 cm³/mol. The van der Waals surface area contributed by atoms with E-state index in [4.69, 9.17) is 0 Å². The molecule has 1 N–H and O–H groups in total. The second-order valence-electron chi connectivity index (χ2n) is 5.45. The summed E-state index contributed by atoms with van der Waals surface area (Å²) in [6.07, 6.45) is 8.99. The van der Waals surface area contributed by atoms with Crippen LogP contribution >= 0.6 is 0 Å². The normalized spacial score (nSPS) is 24.8. The molecule has 0 aliphatic heterocycles. The average Bonchev–Trinajstić information content (AvgIpc) is 2.63. The lowest BCUT2D eigenvalue weighted by Gasteiger charge is -2.25. The summed E-state index contributed by atoms with van der Waals surface area (Å²) in [7, 11) is 1.96. The maximum Gasteiger partial charge on any atom is 0.0534 e. The van der Waals surface area contributed by atoms with Gasteiger partial charge in [0.05, 0.1) is 6.20 Å². The van der Waals surface area contributed by atoms with E-state index in [-0.39, 0.29) is 0 Å². The van der Waals surface area contributed by atoms with Crippen molar-refractivity contribution in [3.8, 4) is 0 Å². The Hall–Kier alpha value is -1.09. The first-order valence-electron chi connectivity index (χ1n) is 6.49. The standard InChI is InChI=1S/C14H23N3/c1-11-4-12(2)6-13(5-11)7-15-8-14-9-16-17(3)10-14/h4,9-11,13,15H,5-8H2,1-3H3. The fourth-order valence-electron chi connectivity index (χ4n) is 2.83. The van der Waals surface area contributed by atoms with Crippen molar-refractivity contribution < 1.29 is 0 Å². The summed E-state index contributed by atoms with van der Waals surface area (Å²) in [5, 5.41) is 7.72. The van der Waals surface area contributed by atoms with E-state index in [1.807, 2.05) is 17.9 Å². The topological polar surface area (TPSA) is 29.9 Å². The molecule has 2 rings (SSSR count). The second kappa shape index (κ2) is 5.50. The average molecular weight is 233 g/mol. The highest BCUT2D eigenvalue weighted by Crippen LogP contribution is 2.27. The number of nitrogens with one attached hydrogen (secondary N) is 1. The van der Waals surface area contributed by atoms with Crippen LogP contribution in [0.1, 0.15) is 32.3 Å². The number of nitrogens with zero attached hydrogens (tertiary/aromatic N) is 2. The van der Waals surface area contributed by atoms with Crippen LogP contribution in [-0.4, -0.2) is 16.3 Å². The van der Waals surface area contributed by atoms with Crippen molar-refractivity contribution in [2.24, 2.45) is 18.9 Å². The third-order valence-electron chi connectivity index (χ3n) is 3.41. The Morgan fingerprint density at radius 2 is 2.35 bits per heavy atom. The molecule has 0 fully saturated rings. The molecule has 2 atom stereocenters. The van der Waals surface area contributed by atoms with E-state index in [0.29, 0.717) is 0 Å². The number of aryl methyl sites for hydroxylation is 1. The maximum absolute atomic E-state index is 4.17. The zero-order valence-electron chi connectivity index (χ0n) is 11.1. The fraction of sp³-hybridized carbons (Fsp3) is 0.643. The van der Waals surface area contributed by atoms with Crippen molar-refractivity contribution in [2.45, 2.75) is 33.2 Å². The number of rotatable bonds is 4. The minimum Gasteiger partial charge on any atom is -0.312 e. The van der Waals surface area contributed by atoms with Gasteiger partial charge in [-0.05, 0) is 38.1 Å². The zero-order chi connectivity index (χ0) is 12.3. The van der Waals surface area contributed by atoms with Crippen LogP contribution < -0.4 is 5.32 Å². The maximum atomic E-state index is 4.17. The lowest BCUT2D eigenvalue weighted by molar-refractivity contribution is 0.381. The van der Waals surface area contributed by atoms with Crippen LogP contribution in [0.15, 0.2) is 24.0 Å². The summed E-state index contributed by atoms with van der Waals surface area (Å²) in [4.78, 5) is 0. The van der Waals surface area contributed by atoms with Crippen LogP contribution in [-0.2, 0) is 13.6 Å². The van der Waals surface area contributed by atoms with Gasteiger partial charge in [-0.1, -0.05) is 18.6 Å². The van der Waals surface area contributed by atoms with Gasteiger partial charge >= 0.3 is 0 Å². The molecule has 3 nitrogen and oxygen atoms in total. The largest absolute Gasteiger partial charge is 0.312 e. The zero-order valence-corrected chi connectivity index (χ0v) is 11.1. The van der Waals surface area contributed by atoms with E-state index in [0.717, 1.165) is 24.9 Å². The van der Waals surface area contributed by atoms with E-state index >= 15 is 0 Å². The van der Waals surface area contributed by atoms with Gasteiger partial charge in [0.1, 0.15) is 0 Å². The van der Waals surface area contributed by atoms with Crippen LogP contribution in [0.3, 0.4) is 0 Å². The smallest absolute Gasteiger partial charge is 0.0534 e. The van der Waals surface area contributed by atoms with Gasteiger partial charge in [-0.2, -0.15) is 5.10 Å². The minimum absolute atomic E-state index is 0.744. The van der Waals surface area contributed by atoms with Crippen molar-refractivity contribution in [2.75, 3.05) is 6.54 Å². The van der Waals surface area contributed by atoms with Crippen molar-refractivity contribution in [3.05, 3.63) is 29.6 Å². The summed E-state index contributed by atoms with van der Waals surface area (Å²) in [6.45, 7) is 6.62. The van der Waals surface area contributed by atoms with Crippen LogP contribution in [0.25, 0.3) is 0 Å². The molecule has 0 spiro atoms. The van der Waals surface area contributed by atoms with Crippen molar-refractivity contribution >= 4 is 0 Å². The highest BCUT2D eigenvalue weighted by Gasteiger charge is 2.17. The van der Waals surface area contributed by atoms with E-state index in [1.165, 1.54) is 18.4 Å². The Morgan fingerprint density at radius 1 is 1.53 bits per heavy atom. The van der Waals surface area contributed by atoms with Gasteiger partial charge in [0.15, 0.2) is 0 Å². The number of hydrogen-bond donors (Lipinski definition) is 1. The van der Waals surface area contributed by atoms with Crippen molar-refractivity contribution in [3.63, 3.8) is 0 Å². The molecule has 1 heterocycles. The molecule has 17 heavy (non-hydrogen) atoms. The van der Waals surface area contributed by atoms with E-state index in [1.54, 1.807) is 5.57 Å². The highest BCUT2D eigenvalue weighted by atomic mass is 15.2. The summed E-state index contributed by atoms with van der Waals surface area (Å²) in [5.41, 5.74) is 2.82. The number of hydrogen-bond acceptors (Lipinski definition) is 2. The molecule has 0 bridgehead atoms. The first kappa shape index (κ1) is 12.4. The van der Waals surface area contributed by atoms with Gasteiger partial charge in [0.25, 0.3) is 0 Å². The molecular weight excluding hydrogens is 210 g/mol. The molecule has 2 unspecified atom stereocenters. The predicted octanol–water partition coefficient (Wildman–Crippen LogP) is 2.50. The molecule has 0 saturated carbocycles. The fourth-order valence-corrected chi connectivity index (χ4v) is 2.83. The molecule has 0 radical (unpaired) electrons. The van der Waals surface area contributed by atoms with Crippen LogP contribution in [0.5, 0.6) is 0 Å². The molecule has 1 aliphatic rings. The summed E-state index contributed by atoms with van der Waals surface area (Å²) in [5.74, 6) is 1.54. The number of aromatic nitrogens is 2. The van der Waals surface area contributed by atoms with Crippen LogP contribution in [0, 0.1) is 11.8 Å². The number of allylic oxidation sites excluding steroid dienone is 2. The molecule has 1 aromatic rings. The third kappa shape index (κ3) is 3.70. The summed E-state index contributed by atoms with van der Waals surface area (Å²) >= 11 is 0. The van der Waals surface area contributed by atoms with E-state index in [9.17, 15) is 0 Å². The summed E-state index contributed by atoms with van der Waals surface area (Å²) < 4.78 is 1.85. The van der Waals surface area contributed by atoms with Gasteiger partial charge < -0.3 is 5.32 Å². The first-order valence-corrected chi connectivity index (χ1v) is 6.49. The minimum atomic E-state index is 0.744. The Kier molecular flexibility index (Phi) is 4.00. The molecule has 0 saturated heterocycles. The Labute approximate surface area is 104 Å². The molecule has 0 aromatic carbocycles.